The van der Waals surface area contributed by atoms with E-state index in [1.54, 1.807) is 0 Å². The predicted octanol–water partition coefficient (Wildman–Crippen LogP) is 3.19. The van der Waals surface area contributed by atoms with E-state index in [2.05, 4.69) is 36.3 Å². The minimum atomic E-state index is 0.801. The molecule has 0 aliphatic carbocycles. The number of hydrogen-bond donors (Lipinski definition) is 1. The highest BCUT2D eigenvalue weighted by Gasteiger charge is 2.05. The van der Waals surface area contributed by atoms with Gasteiger partial charge >= 0.3 is 0 Å². The number of nitrogens with zero attached hydrogens (tertiary/aromatic N) is 1. The summed E-state index contributed by atoms with van der Waals surface area (Å²) in [5.74, 6) is 1.65. The zero-order valence-corrected chi connectivity index (χ0v) is 11.1. The van der Waals surface area contributed by atoms with Crippen LogP contribution in [0.3, 0.4) is 0 Å². The van der Waals surface area contributed by atoms with Gasteiger partial charge in [-0.1, -0.05) is 30.7 Å². The van der Waals surface area contributed by atoms with Gasteiger partial charge < -0.3 is 9.73 Å². The van der Waals surface area contributed by atoms with E-state index in [9.17, 15) is 0 Å². The molecule has 0 aliphatic heterocycles. The van der Waals surface area contributed by atoms with E-state index < -0.39 is 0 Å². The van der Waals surface area contributed by atoms with Crippen molar-refractivity contribution in [1.29, 1.82) is 0 Å². The lowest BCUT2D eigenvalue weighted by atomic mass is 10.1. The smallest absolute Gasteiger partial charge is 0.196 e. The topological polar surface area (TPSA) is 38.1 Å². The van der Waals surface area contributed by atoms with E-state index in [-0.39, 0.29) is 0 Å². The summed E-state index contributed by atoms with van der Waals surface area (Å²) in [7, 11) is 0. The normalized spacial score (nSPS) is 10.8. The van der Waals surface area contributed by atoms with Gasteiger partial charge in [-0.25, -0.2) is 4.98 Å². The largest absolute Gasteiger partial charge is 0.441 e. The van der Waals surface area contributed by atoms with Gasteiger partial charge in [0.1, 0.15) is 0 Å². The van der Waals surface area contributed by atoms with Crippen molar-refractivity contribution in [3.63, 3.8) is 0 Å². The van der Waals surface area contributed by atoms with Gasteiger partial charge in [0.2, 0.25) is 0 Å². The maximum absolute atomic E-state index is 5.75. The van der Waals surface area contributed by atoms with Crippen molar-refractivity contribution in [3.05, 3.63) is 41.9 Å². The first-order valence-corrected chi connectivity index (χ1v) is 6.52. The zero-order chi connectivity index (χ0) is 12.8. The molecule has 0 amide bonds. The molecule has 0 fully saturated rings. The Labute approximate surface area is 108 Å². The van der Waals surface area contributed by atoms with Gasteiger partial charge in [0.15, 0.2) is 11.7 Å². The first-order chi connectivity index (χ1) is 8.79. The molecule has 3 nitrogen and oxygen atoms in total. The third-order valence-corrected chi connectivity index (χ3v) is 2.80. The van der Waals surface area contributed by atoms with Gasteiger partial charge in [-0.15, -0.1) is 0 Å². The highest BCUT2D eigenvalue weighted by Crippen LogP contribution is 2.21. The van der Waals surface area contributed by atoms with Crippen molar-refractivity contribution >= 4 is 0 Å². The van der Waals surface area contributed by atoms with Crippen molar-refractivity contribution in [3.8, 4) is 11.3 Å². The van der Waals surface area contributed by atoms with Crippen molar-refractivity contribution in [1.82, 2.24) is 10.3 Å². The molecule has 96 valence electrons. The molecule has 0 radical (unpaired) electrons. The molecule has 2 aromatic rings. The van der Waals surface area contributed by atoms with Crippen molar-refractivity contribution < 1.29 is 4.42 Å². The molecule has 0 saturated heterocycles. The standard InChI is InChI=1S/C15H20N2O/c1-3-8-16-9-7-15-17-11-14(18-15)13-6-4-5-12(2)10-13/h4-6,10-11,16H,3,7-9H2,1-2H3. The van der Waals surface area contributed by atoms with Crippen molar-refractivity contribution in [2.24, 2.45) is 0 Å². The predicted molar refractivity (Wildman–Crippen MR) is 73.5 cm³/mol. The Balaban J connectivity index is 1.97. The van der Waals surface area contributed by atoms with Gasteiger partial charge in [-0.05, 0) is 26.0 Å². The summed E-state index contributed by atoms with van der Waals surface area (Å²) in [6.45, 7) is 6.20. The summed E-state index contributed by atoms with van der Waals surface area (Å²) < 4.78 is 5.75. The minimum absolute atomic E-state index is 0.801. The van der Waals surface area contributed by atoms with Gasteiger partial charge in [-0.3, -0.25) is 0 Å². The zero-order valence-electron chi connectivity index (χ0n) is 11.1. The Hall–Kier alpha value is -1.61. The summed E-state index contributed by atoms with van der Waals surface area (Å²) in [5, 5.41) is 3.34. The van der Waals surface area contributed by atoms with Crippen LogP contribution in [0.15, 0.2) is 34.9 Å². The van der Waals surface area contributed by atoms with Crippen LogP contribution in [0.4, 0.5) is 0 Å². The molecule has 0 atom stereocenters. The molecule has 1 N–H and O–H groups in total. The Morgan fingerprint density at radius 2 is 2.17 bits per heavy atom. The van der Waals surface area contributed by atoms with Crippen LogP contribution < -0.4 is 5.32 Å². The van der Waals surface area contributed by atoms with Crippen LogP contribution in [0, 0.1) is 6.92 Å². The average Bonchev–Trinajstić information content (AvgIpc) is 2.83. The summed E-state index contributed by atoms with van der Waals surface area (Å²) >= 11 is 0. The lowest BCUT2D eigenvalue weighted by molar-refractivity contribution is 0.495. The van der Waals surface area contributed by atoms with Crippen LogP contribution in [0.25, 0.3) is 11.3 Å². The highest BCUT2D eigenvalue weighted by atomic mass is 16.4. The fraction of sp³-hybridized carbons (Fsp3) is 0.400. The molecule has 0 aliphatic rings. The number of aromatic nitrogens is 1. The van der Waals surface area contributed by atoms with E-state index in [4.69, 9.17) is 4.42 Å². The van der Waals surface area contributed by atoms with Crippen LogP contribution >= 0.6 is 0 Å². The number of oxazole rings is 1. The monoisotopic (exact) mass is 244 g/mol. The third-order valence-electron chi connectivity index (χ3n) is 2.80. The summed E-state index contributed by atoms with van der Waals surface area (Å²) in [5.41, 5.74) is 2.32. The molecule has 1 aromatic carbocycles. The Kier molecular flexibility index (Phi) is 4.53. The lowest BCUT2D eigenvalue weighted by Gasteiger charge is -2.00. The molecule has 1 aromatic heterocycles. The number of nitrogens with one attached hydrogen (secondary N) is 1. The highest BCUT2D eigenvalue weighted by molar-refractivity contribution is 5.57. The van der Waals surface area contributed by atoms with Gasteiger partial charge in [0.25, 0.3) is 0 Å². The van der Waals surface area contributed by atoms with Gasteiger partial charge in [-0.2, -0.15) is 0 Å². The van der Waals surface area contributed by atoms with Gasteiger partial charge in [0.05, 0.1) is 6.20 Å². The molecule has 0 saturated carbocycles. The molecular formula is C15H20N2O. The second-order valence-corrected chi connectivity index (χ2v) is 4.49. The first kappa shape index (κ1) is 12.8. The number of benzene rings is 1. The van der Waals surface area contributed by atoms with Crippen molar-refractivity contribution in [2.75, 3.05) is 13.1 Å². The maximum atomic E-state index is 5.75. The molecule has 3 heteroatoms. The summed E-state index contributed by atoms with van der Waals surface area (Å²) in [6, 6.07) is 8.28. The summed E-state index contributed by atoms with van der Waals surface area (Å²) in [6.07, 6.45) is 3.80. The van der Waals surface area contributed by atoms with Crippen LogP contribution in [-0.4, -0.2) is 18.1 Å². The molecular weight excluding hydrogens is 224 g/mol. The van der Waals surface area contributed by atoms with E-state index >= 15 is 0 Å². The quantitative estimate of drug-likeness (QED) is 0.793. The van der Waals surface area contributed by atoms with Crippen LogP contribution in [-0.2, 0) is 6.42 Å². The lowest BCUT2D eigenvalue weighted by Crippen LogP contribution is -2.17. The van der Waals surface area contributed by atoms with Gasteiger partial charge in [0, 0.05) is 18.5 Å². The van der Waals surface area contributed by atoms with Crippen LogP contribution in [0.1, 0.15) is 24.8 Å². The SMILES string of the molecule is CCCNCCc1ncc(-c2cccc(C)c2)o1. The fourth-order valence-electron chi connectivity index (χ4n) is 1.85. The van der Waals surface area contributed by atoms with Crippen LogP contribution in [0.2, 0.25) is 0 Å². The minimum Gasteiger partial charge on any atom is -0.441 e. The molecule has 18 heavy (non-hydrogen) atoms. The number of aryl methyl sites for hydroxylation is 1. The average molecular weight is 244 g/mol. The Morgan fingerprint density at radius 3 is 2.94 bits per heavy atom. The van der Waals surface area contributed by atoms with E-state index in [1.165, 1.54) is 5.56 Å². The fourth-order valence-corrected chi connectivity index (χ4v) is 1.85. The Bertz CT molecular complexity index is 491. The third kappa shape index (κ3) is 3.44. The van der Waals surface area contributed by atoms with Crippen LogP contribution in [0.5, 0.6) is 0 Å². The van der Waals surface area contributed by atoms with E-state index in [0.717, 1.165) is 43.1 Å². The van der Waals surface area contributed by atoms with Crippen molar-refractivity contribution in [2.45, 2.75) is 26.7 Å². The second-order valence-electron chi connectivity index (χ2n) is 4.49. The molecule has 0 unspecified atom stereocenters. The molecule has 0 bridgehead atoms. The molecule has 0 spiro atoms. The van der Waals surface area contributed by atoms with E-state index in [0.29, 0.717) is 0 Å². The Morgan fingerprint density at radius 1 is 1.28 bits per heavy atom. The summed E-state index contributed by atoms with van der Waals surface area (Å²) in [4.78, 5) is 4.31. The first-order valence-electron chi connectivity index (χ1n) is 6.52. The maximum Gasteiger partial charge on any atom is 0.196 e. The number of rotatable bonds is 6. The second kappa shape index (κ2) is 6.36. The van der Waals surface area contributed by atoms with E-state index in [1.807, 2.05) is 18.3 Å². The number of hydrogen-bond acceptors (Lipinski definition) is 3. The molecule has 2 rings (SSSR count). The molecule has 1 heterocycles.